The van der Waals surface area contributed by atoms with E-state index in [1.54, 1.807) is 18.5 Å². The number of carbonyl (C=O) groups excluding carboxylic acids is 1. The van der Waals surface area contributed by atoms with Crippen molar-refractivity contribution in [3.63, 3.8) is 0 Å². The number of hydroxylamine groups is 1. The van der Waals surface area contributed by atoms with E-state index in [9.17, 15) is 13.2 Å². The zero-order valence-corrected chi connectivity index (χ0v) is 15.8. The number of rotatable bonds is 10. The van der Waals surface area contributed by atoms with Crippen molar-refractivity contribution in [1.29, 1.82) is 0 Å². The number of unbranched alkanes of at least 4 members (excludes halogenated alkanes) is 3. The normalized spacial score (nSPS) is 16.0. The van der Waals surface area contributed by atoms with Gasteiger partial charge in [0.2, 0.25) is 15.9 Å². The van der Waals surface area contributed by atoms with Crippen LogP contribution in [0, 0.1) is 0 Å². The quantitative estimate of drug-likeness (QED) is 0.495. The molecule has 8 heteroatoms. The molecule has 1 fully saturated rings. The van der Waals surface area contributed by atoms with Crippen molar-refractivity contribution >= 4 is 22.0 Å². The van der Waals surface area contributed by atoms with Crippen LogP contribution in [-0.4, -0.2) is 49.2 Å². The Labute approximate surface area is 155 Å². The first-order chi connectivity index (χ1) is 12.6. The Hall–Kier alpha value is -1.77. The molecule has 0 aliphatic carbocycles. The maximum atomic E-state index is 12.1. The van der Waals surface area contributed by atoms with Crippen molar-refractivity contribution in [2.24, 2.45) is 0 Å². The molecule has 0 spiro atoms. The summed E-state index contributed by atoms with van der Waals surface area (Å²) in [7, 11) is -3.30. The van der Waals surface area contributed by atoms with Crippen LogP contribution in [0.3, 0.4) is 0 Å². The Bertz CT molecular complexity index is 671. The van der Waals surface area contributed by atoms with E-state index < -0.39 is 10.0 Å². The third kappa shape index (κ3) is 7.63. The van der Waals surface area contributed by atoms with Gasteiger partial charge in [0.25, 0.3) is 0 Å². The van der Waals surface area contributed by atoms with Gasteiger partial charge in [0, 0.05) is 31.6 Å². The summed E-state index contributed by atoms with van der Waals surface area (Å²) < 4.78 is 25.3. The van der Waals surface area contributed by atoms with E-state index in [0.29, 0.717) is 26.1 Å². The predicted molar refractivity (Wildman–Crippen MR) is 100 cm³/mol. The monoisotopic (exact) mass is 381 g/mol. The average molecular weight is 381 g/mol. The van der Waals surface area contributed by atoms with Crippen LogP contribution in [-0.2, 0) is 19.7 Å². The summed E-state index contributed by atoms with van der Waals surface area (Å²) in [5.41, 5.74) is 0.925. The summed E-state index contributed by atoms with van der Waals surface area (Å²) in [6.07, 6.45) is 11.5. The molecular weight excluding hydrogens is 354 g/mol. The molecule has 0 unspecified atom stereocenters. The lowest BCUT2D eigenvalue weighted by Gasteiger charge is -2.25. The molecule has 1 saturated heterocycles. The Kier molecular flexibility index (Phi) is 8.73. The maximum absolute atomic E-state index is 12.1. The third-order valence-corrected chi connectivity index (χ3v) is 5.76. The van der Waals surface area contributed by atoms with Gasteiger partial charge in [0.1, 0.15) is 0 Å². The molecule has 1 aliphatic rings. The van der Waals surface area contributed by atoms with Gasteiger partial charge in [-0.2, -0.15) is 0 Å². The summed E-state index contributed by atoms with van der Waals surface area (Å²) in [6, 6.07) is 3.65. The predicted octanol–water partition coefficient (Wildman–Crippen LogP) is 2.13. The van der Waals surface area contributed by atoms with E-state index in [1.165, 1.54) is 6.08 Å². The van der Waals surface area contributed by atoms with Gasteiger partial charge in [0.15, 0.2) is 0 Å². The van der Waals surface area contributed by atoms with Crippen molar-refractivity contribution in [2.45, 2.75) is 38.5 Å². The molecule has 144 valence electrons. The van der Waals surface area contributed by atoms with Gasteiger partial charge in [-0.15, -0.1) is 0 Å². The average Bonchev–Trinajstić information content (AvgIpc) is 2.67. The van der Waals surface area contributed by atoms with Crippen LogP contribution >= 0.6 is 0 Å². The minimum atomic E-state index is -3.30. The van der Waals surface area contributed by atoms with Gasteiger partial charge in [-0.1, -0.05) is 17.3 Å². The molecule has 0 bridgehead atoms. The number of nitrogens with zero attached hydrogens (tertiary/aromatic N) is 2. The number of hydrogen-bond donors (Lipinski definition) is 1. The molecule has 1 N–H and O–H groups in total. The van der Waals surface area contributed by atoms with E-state index in [1.807, 2.05) is 12.1 Å². The van der Waals surface area contributed by atoms with Gasteiger partial charge >= 0.3 is 0 Å². The van der Waals surface area contributed by atoms with Crippen molar-refractivity contribution in [3.8, 4) is 0 Å². The number of hydrogen-bond acceptors (Lipinski definition) is 5. The molecule has 1 amide bonds. The van der Waals surface area contributed by atoms with E-state index in [-0.39, 0.29) is 11.7 Å². The molecule has 2 heterocycles. The molecular formula is C18H27N3O4S. The van der Waals surface area contributed by atoms with Gasteiger partial charge in [-0.3, -0.25) is 14.6 Å². The summed E-state index contributed by atoms with van der Waals surface area (Å²) in [6.45, 7) is 1.53. The van der Waals surface area contributed by atoms with Crippen LogP contribution in [0.25, 0.3) is 6.08 Å². The summed E-state index contributed by atoms with van der Waals surface area (Å²) in [5, 5.41) is 2.82. The first-order valence-corrected chi connectivity index (χ1v) is 10.7. The lowest BCUT2D eigenvalue weighted by atomic mass is 10.2. The largest absolute Gasteiger partial charge is 0.353 e. The van der Waals surface area contributed by atoms with E-state index in [4.69, 9.17) is 4.84 Å². The Morgan fingerprint density at radius 1 is 1.19 bits per heavy atom. The van der Waals surface area contributed by atoms with Gasteiger partial charge in [-0.25, -0.2) is 8.42 Å². The molecule has 7 nitrogen and oxygen atoms in total. The molecule has 2 rings (SSSR count). The van der Waals surface area contributed by atoms with Crippen LogP contribution in [0.1, 0.15) is 44.1 Å². The SMILES string of the molecule is O=C(C=Cc1ccncc1)NCCCCCCS(=O)(=O)N1CCCCO1. The topological polar surface area (TPSA) is 88.6 Å². The van der Waals surface area contributed by atoms with Crippen LogP contribution in [0.15, 0.2) is 30.6 Å². The number of amides is 1. The van der Waals surface area contributed by atoms with Crippen molar-refractivity contribution < 1.29 is 18.0 Å². The highest BCUT2D eigenvalue weighted by atomic mass is 32.2. The number of nitrogens with one attached hydrogen (secondary N) is 1. The fourth-order valence-electron chi connectivity index (χ4n) is 2.58. The molecule has 0 aromatic carbocycles. The minimum Gasteiger partial charge on any atom is -0.353 e. The second-order valence-electron chi connectivity index (χ2n) is 6.20. The highest BCUT2D eigenvalue weighted by Gasteiger charge is 2.24. The third-order valence-electron chi connectivity index (χ3n) is 4.04. The molecule has 0 atom stereocenters. The highest BCUT2D eigenvalue weighted by Crippen LogP contribution is 2.13. The maximum Gasteiger partial charge on any atom is 0.243 e. The lowest BCUT2D eigenvalue weighted by molar-refractivity contribution is -0.116. The lowest BCUT2D eigenvalue weighted by Crippen LogP contribution is -2.37. The molecule has 1 aliphatic heterocycles. The first-order valence-electron chi connectivity index (χ1n) is 9.07. The number of carbonyl (C=O) groups is 1. The molecule has 0 saturated carbocycles. The Morgan fingerprint density at radius 3 is 2.69 bits per heavy atom. The zero-order valence-electron chi connectivity index (χ0n) is 15.0. The molecule has 1 aromatic heterocycles. The Balaban J connectivity index is 1.52. The number of pyridine rings is 1. The van der Waals surface area contributed by atoms with Crippen molar-refractivity contribution in [1.82, 2.24) is 14.8 Å². The molecule has 1 aromatic rings. The minimum absolute atomic E-state index is 0.119. The fourth-order valence-corrected chi connectivity index (χ4v) is 3.99. The van der Waals surface area contributed by atoms with E-state index in [2.05, 4.69) is 10.3 Å². The molecule has 0 radical (unpaired) electrons. The molecule has 26 heavy (non-hydrogen) atoms. The van der Waals surface area contributed by atoms with Gasteiger partial charge < -0.3 is 5.32 Å². The van der Waals surface area contributed by atoms with Gasteiger partial charge in [0.05, 0.1) is 12.4 Å². The number of sulfonamides is 1. The van der Waals surface area contributed by atoms with Crippen LogP contribution in [0.2, 0.25) is 0 Å². The van der Waals surface area contributed by atoms with Gasteiger partial charge in [-0.05, 0) is 49.5 Å². The van der Waals surface area contributed by atoms with Crippen LogP contribution in [0.4, 0.5) is 0 Å². The zero-order chi connectivity index (χ0) is 18.7. The smallest absolute Gasteiger partial charge is 0.243 e. The second kappa shape index (κ2) is 11.1. The summed E-state index contributed by atoms with van der Waals surface area (Å²) >= 11 is 0. The second-order valence-corrected chi connectivity index (χ2v) is 8.18. The van der Waals surface area contributed by atoms with Crippen molar-refractivity contribution in [3.05, 3.63) is 36.2 Å². The van der Waals surface area contributed by atoms with E-state index in [0.717, 1.165) is 42.1 Å². The van der Waals surface area contributed by atoms with Crippen LogP contribution < -0.4 is 5.32 Å². The van der Waals surface area contributed by atoms with E-state index >= 15 is 0 Å². The highest BCUT2D eigenvalue weighted by molar-refractivity contribution is 7.88. The summed E-state index contributed by atoms with van der Waals surface area (Å²) in [5.74, 6) is -0.0137. The number of aromatic nitrogens is 1. The first kappa shape index (κ1) is 20.5. The summed E-state index contributed by atoms with van der Waals surface area (Å²) in [4.78, 5) is 20.8. The van der Waals surface area contributed by atoms with Crippen LogP contribution in [0.5, 0.6) is 0 Å². The Morgan fingerprint density at radius 2 is 1.96 bits per heavy atom. The standard InChI is InChI=1S/C18H27N3O4S/c22-18(8-7-17-9-12-19-13-10-17)20-11-3-1-2-6-16-26(23,24)21-14-4-5-15-25-21/h7-10,12-13H,1-6,11,14-16H2,(H,20,22). The fraction of sp³-hybridized carbons (Fsp3) is 0.556. The van der Waals surface area contributed by atoms with Crippen molar-refractivity contribution in [2.75, 3.05) is 25.4 Å².